The maximum atomic E-state index is 12.5. The topological polar surface area (TPSA) is 75.7 Å². The fourth-order valence-corrected chi connectivity index (χ4v) is 4.75. The number of hydrogen-bond donors (Lipinski definition) is 1. The number of amides is 1. The predicted octanol–water partition coefficient (Wildman–Crippen LogP) is 4.15. The molecule has 0 aromatic heterocycles. The van der Waals surface area contributed by atoms with E-state index in [0.717, 1.165) is 31.4 Å². The van der Waals surface area contributed by atoms with Crippen LogP contribution >= 0.6 is 0 Å². The molecule has 1 aliphatic rings. The number of sulfonamides is 1. The summed E-state index contributed by atoms with van der Waals surface area (Å²) in [4.78, 5) is 12.3. The van der Waals surface area contributed by atoms with Gasteiger partial charge in [0, 0.05) is 24.3 Å². The van der Waals surface area contributed by atoms with Gasteiger partial charge in [-0.15, -0.1) is 13.2 Å². The Labute approximate surface area is 172 Å². The first-order valence-corrected chi connectivity index (χ1v) is 11.0. The number of nitrogens with zero attached hydrogens (tertiary/aromatic N) is 1. The number of piperidine rings is 1. The van der Waals surface area contributed by atoms with Gasteiger partial charge >= 0.3 is 6.36 Å². The van der Waals surface area contributed by atoms with Gasteiger partial charge in [-0.1, -0.05) is 18.6 Å². The molecule has 0 bridgehead atoms. The minimum atomic E-state index is -4.78. The second kappa shape index (κ2) is 9.05. The van der Waals surface area contributed by atoms with Crippen LogP contribution in [0.3, 0.4) is 0 Å². The second-order valence-corrected chi connectivity index (χ2v) is 8.91. The number of carbonyl (C=O) groups excluding carboxylic acids is 1. The zero-order valence-corrected chi connectivity index (χ0v) is 16.8. The van der Waals surface area contributed by atoms with Crippen molar-refractivity contribution in [1.29, 1.82) is 0 Å². The number of carbonyl (C=O) groups is 1. The van der Waals surface area contributed by atoms with Gasteiger partial charge in [0.25, 0.3) is 5.91 Å². The third-order valence-electron chi connectivity index (χ3n) is 4.62. The molecule has 0 spiro atoms. The van der Waals surface area contributed by atoms with Crippen LogP contribution in [-0.2, 0) is 15.8 Å². The van der Waals surface area contributed by atoms with Crippen molar-refractivity contribution in [3.05, 3.63) is 59.7 Å². The molecule has 1 N–H and O–H groups in total. The summed E-state index contributed by atoms with van der Waals surface area (Å²) in [6.45, 7) is 1.07. The van der Waals surface area contributed by atoms with Crippen LogP contribution in [0, 0.1) is 0 Å². The average Bonchev–Trinajstić information content (AvgIpc) is 2.69. The summed E-state index contributed by atoms with van der Waals surface area (Å²) < 4.78 is 66.8. The summed E-state index contributed by atoms with van der Waals surface area (Å²) in [5.41, 5.74) is 1.17. The fraction of sp³-hybridized carbons (Fsp3) is 0.350. The van der Waals surface area contributed by atoms with E-state index in [9.17, 15) is 26.4 Å². The molecule has 1 heterocycles. The third kappa shape index (κ3) is 6.20. The highest BCUT2D eigenvalue weighted by molar-refractivity contribution is 7.88. The molecule has 6 nitrogen and oxygen atoms in total. The Hall–Kier alpha value is -2.59. The molecule has 0 aliphatic carbocycles. The molecule has 1 amide bonds. The van der Waals surface area contributed by atoms with Crippen LogP contribution in [0.2, 0.25) is 0 Å². The minimum Gasteiger partial charge on any atom is -0.406 e. The van der Waals surface area contributed by atoms with Gasteiger partial charge in [0.2, 0.25) is 10.0 Å². The Morgan fingerprint density at radius 2 is 1.57 bits per heavy atom. The molecule has 10 heteroatoms. The molecular weight excluding hydrogens is 421 g/mol. The van der Waals surface area contributed by atoms with Crippen molar-refractivity contribution in [3.8, 4) is 5.75 Å². The van der Waals surface area contributed by atoms with Crippen molar-refractivity contribution < 1.29 is 31.1 Å². The number of rotatable bonds is 6. The van der Waals surface area contributed by atoms with Crippen molar-refractivity contribution in [2.45, 2.75) is 31.4 Å². The molecule has 1 aliphatic heterocycles. The van der Waals surface area contributed by atoms with E-state index >= 15 is 0 Å². The average molecular weight is 442 g/mol. The molecule has 162 valence electrons. The van der Waals surface area contributed by atoms with Crippen molar-refractivity contribution in [1.82, 2.24) is 4.31 Å². The van der Waals surface area contributed by atoms with Gasteiger partial charge in [-0.05, 0) is 54.8 Å². The first kappa shape index (κ1) is 22.1. The SMILES string of the molecule is O=C(Nc1ccc(OC(F)(F)F)cc1)c1ccc(CS(=O)(=O)N2CCCCC2)cc1. The lowest BCUT2D eigenvalue weighted by molar-refractivity contribution is -0.274. The number of hydrogen-bond acceptors (Lipinski definition) is 4. The zero-order valence-electron chi connectivity index (χ0n) is 16.0. The maximum Gasteiger partial charge on any atom is 0.573 e. The smallest absolute Gasteiger partial charge is 0.406 e. The van der Waals surface area contributed by atoms with Gasteiger partial charge in [-0.25, -0.2) is 12.7 Å². The van der Waals surface area contributed by atoms with Crippen LogP contribution < -0.4 is 10.1 Å². The maximum absolute atomic E-state index is 12.5. The molecule has 2 aromatic rings. The van der Waals surface area contributed by atoms with E-state index in [1.165, 1.54) is 28.6 Å². The number of anilines is 1. The van der Waals surface area contributed by atoms with Gasteiger partial charge in [0.05, 0.1) is 5.75 Å². The van der Waals surface area contributed by atoms with Crippen LogP contribution in [0.25, 0.3) is 0 Å². The quantitative estimate of drug-likeness (QED) is 0.729. The summed E-state index contributed by atoms with van der Waals surface area (Å²) >= 11 is 0. The molecule has 1 fully saturated rings. The molecule has 0 radical (unpaired) electrons. The van der Waals surface area contributed by atoms with Crippen LogP contribution in [0.1, 0.15) is 35.2 Å². The summed E-state index contributed by atoms with van der Waals surface area (Å²) in [5, 5.41) is 2.57. The lowest BCUT2D eigenvalue weighted by Crippen LogP contribution is -2.36. The van der Waals surface area contributed by atoms with Crippen LogP contribution in [0.4, 0.5) is 18.9 Å². The summed E-state index contributed by atoms with van der Waals surface area (Å²) in [7, 11) is -3.39. The van der Waals surface area contributed by atoms with E-state index < -0.39 is 22.3 Å². The normalized spacial score (nSPS) is 15.6. The first-order valence-electron chi connectivity index (χ1n) is 9.36. The number of nitrogens with one attached hydrogen (secondary N) is 1. The lowest BCUT2D eigenvalue weighted by Gasteiger charge is -2.25. The Kier molecular flexibility index (Phi) is 6.67. The standard InChI is InChI=1S/C20H21F3N2O4S/c21-20(22,23)29-18-10-8-17(9-11-18)24-19(26)16-6-4-15(5-7-16)14-30(27,28)25-12-2-1-3-13-25/h4-11H,1-3,12-14H2,(H,24,26). The first-order chi connectivity index (χ1) is 14.1. The molecule has 30 heavy (non-hydrogen) atoms. The third-order valence-corrected chi connectivity index (χ3v) is 6.47. The van der Waals surface area contributed by atoms with E-state index in [1.54, 1.807) is 12.1 Å². The van der Waals surface area contributed by atoms with Crippen molar-refractivity contribution in [3.63, 3.8) is 0 Å². The predicted molar refractivity (Wildman–Crippen MR) is 106 cm³/mol. The Morgan fingerprint density at radius 3 is 2.13 bits per heavy atom. The minimum absolute atomic E-state index is 0.129. The Morgan fingerprint density at radius 1 is 0.967 bits per heavy atom. The number of alkyl halides is 3. The molecule has 0 saturated carbocycles. The van der Waals surface area contributed by atoms with E-state index in [0.29, 0.717) is 29.9 Å². The molecule has 0 atom stereocenters. The van der Waals surface area contributed by atoms with Crippen molar-refractivity contribution in [2.24, 2.45) is 0 Å². The van der Waals surface area contributed by atoms with Gasteiger partial charge in [-0.2, -0.15) is 0 Å². The van der Waals surface area contributed by atoms with Crippen LogP contribution in [-0.4, -0.2) is 38.1 Å². The molecule has 1 saturated heterocycles. The van der Waals surface area contributed by atoms with Gasteiger partial charge in [0.1, 0.15) is 5.75 Å². The monoisotopic (exact) mass is 442 g/mol. The highest BCUT2D eigenvalue weighted by Crippen LogP contribution is 2.24. The molecule has 3 rings (SSSR count). The zero-order chi connectivity index (χ0) is 21.8. The molecular formula is C20H21F3N2O4S. The summed E-state index contributed by atoms with van der Waals surface area (Å²) in [5.74, 6) is -0.986. The van der Waals surface area contributed by atoms with E-state index in [-0.39, 0.29) is 11.5 Å². The van der Waals surface area contributed by atoms with E-state index in [2.05, 4.69) is 10.1 Å². The van der Waals surface area contributed by atoms with E-state index in [1.807, 2.05) is 0 Å². The molecule has 2 aromatic carbocycles. The highest BCUT2D eigenvalue weighted by atomic mass is 32.2. The fourth-order valence-electron chi connectivity index (χ4n) is 3.14. The highest BCUT2D eigenvalue weighted by Gasteiger charge is 2.31. The Balaban J connectivity index is 1.59. The van der Waals surface area contributed by atoms with Crippen LogP contribution in [0.15, 0.2) is 48.5 Å². The van der Waals surface area contributed by atoms with Crippen molar-refractivity contribution >= 4 is 21.6 Å². The number of ether oxygens (including phenoxy) is 1. The molecule has 0 unspecified atom stereocenters. The van der Waals surface area contributed by atoms with Gasteiger partial charge < -0.3 is 10.1 Å². The van der Waals surface area contributed by atoms with E-state index in [4.69, 9.17) is 0 Å². The summed E-state index contributed by atoms with van der Waals surface area (Å²) in [6, 6.07) is 11.0. The Bertz CT molecular complexity index is 969. The summed E-state index contributed by atoms with van der Waals surface area (Å²) in [6.07, 6.45) is -2.02. The van der Waals surface area contributed by atoms with Crippen LogP contribution in [0.5, 0.6) is 5.75 Å². The largest absolute Gasteiger partial charge is 0.573 e. The second-order valence-electron chi connectivity index (χ2n) is 6.94. The van der Waals surface area contributed by atoms with Crippen molar-refractivity contribution in [2.75, 3.05) is 18.4 Å². The number of benzene rings is 2. The van der Waals surface area contributed by atoms with Gasteiger partial charge in [-0.3, -0.25) is 4.79 Å². The lowest BCUT2D eigenvalue weighted by atomic mass is 10.1. The van der Waals surface area contributed by atoms with Gasteiger partial charge in [0.15, 0.2) is 0 Å². The number of halogens is 3.